The third-order valence-electron chi connectivity index (χ3n) is 3.63. The van der Waals surface area contributed by atoms with Crippen LogP contribution in [0.1, 0.15) is 13.3 Å². The monoisotopic (exact) mass is 273 g/mol. The molecule has 0 aromatic carbocycles. The van der Waals surface area contributed by atoms with Gasteiger partial charge in [-0.1, -0.05) is 6.92 Å². The summed E-state index contributed by atoms with van der Waals surface area (Å²) in [4.78, 5) is 5.01. The number of nitrogens with two attached hydrogens (primary N) is 1. The van der Waals surface area contributed by atoms with Crippen LogP contribution in [0.15, 0.2) is 0 Å². The maximum atomic E-state index is 5.67. The van der Waals surface area contributed by atoms with Gasteiger partial charge in [0, 0.05) is 59.6 Å². The summed E-state index contributed by atoms with van der Waals surface area (Å²) >= 11 is 0. The van der Waals surface area contributed by atoms with Crippen molar-refractivity contribution in [3.05, 3.63) is 0 Å². The van der Waals surface area contributed by atoms with Crippen molar-refractivity contribution < 1.29 is 9.47 Å². The predicted molar refractivity (Wildman–Crippen MR) is 78.4 cm³/mol. The Morgan fingerprint density at radius 3 is 2.37 bits per heavy atom. The van der Waals surface area contributed by atoms with Crippen LogP contribution >= 0.6 is 0 Å². The molecule has 0 spiro atoms. The maximum Gasteiger partial charge on any atom is 0.0593 e. The number of hydrogen-bond acceptors (Lipinski definition) is 5. The van der Waals surface area contributed by atoms with Gasteiger partial charge >= 0.3 is 0 Å². The standard InChI is InChI=1S/C14H31N3O2/c1-14(12-15)13-17-6-4-16(5-7-17)8-11-19-10-3-9-18-2/h14H,3-13,15H2,1-2H3. The van der Waals surface area contributed by atoms with Crippen molar-refractivity contribution in [2.24, 2.45) is 11.7 Å². The van der Waals surface area contributed by atoms with Gasteiger partial charge in [0.1, 0.15) is 0 Å². The topological polar surface area (TPSA) is 51.0 Å². The number of hydrogen-bond donors (Lipinski definition) is 1. The predicted octanol–water partition coefficient (Wildman–Crippen LogP) is 0.252. The number of piperazine rings is 1. The number of rotatable bonds is 10. The molecular formula is C14H31N3O2. The summed E-state index contributed by atoms with van der Waals surface area (Å²) in [5.41, 5.74) is 5.67. The molecule has 0 aromatic heterocycles. The third kappa shape index (κ3) is 7.84. The van der Waals surface area contributed by atoms with Gasteiger partial charge in [-0.2, -0.15) is 0 Å². The van der Waals surface area contributed by atoms with Crippen LogP contribution in [0.25, 0.3) is 0 Å². The van der Waals surface area contributed by atoms with Crippen LogP contribution in [-0.4, -0.2) is 82.5 Å². The number of nitrogens with zero attached hydrogens (tertiary/aromatic N) is 2. The zero-order valence-corrected chi connectivity index (χ0v) is 12.6. The summed E-state index contributed by atoms with van der Waals surface area (Å²) in [7, 11) is 1.73. The number of methoxy groups -OCH3 is 1. The van der Waals surface area contributed by atoms with Crippen molar-refractivity contribution >= 4 is 0 Å². The van der Waals surface area contributed by atoms with Gasteiger partial charge in [-0.15, -0.1) is 0 Å². The van der Waals surface area contributed by atoms with Gasteiger partial charge in [0.25, 0.3) is 0 Å². The van der Waals surface area contributed by atoms with Gasteiger partial charge < -0.3 is 20.1 Å². The minimum Gasteiger partial charge on any atom is -0.385 e. The summed E-state index contributed by atoms with van der Waals surface area (Å²) in [6, 6.07) is 0. The van der Waals surface area contributed by atoms with Crippen LogP contribution in [-0.2, 0) is 9.47 Å². The zero-order valence-electron chi connectivity index (χ0n) is 12.6. The highest BCUT2D eigenvalue weighted by Crippen LogP contribution is 2.04. The molecule has 5 heteroatoms. The Hall–Kier alpha value is -0.200. The number of ether oxygens (including phenoxy) is 2. The first kappa shape index (κ1) is 16.9. The first-order chi connectivity index (χ1) is 9.26. The molecule has 0 aliphatic carbocycles. The fourth-order valence-electron chi connectivity index (χ4n) is 2.31. The van der Waals surface area contributed by atoms with Gasteiger partial charge in [0.15, 0.2) is 0 Å². The van der Waals surface area contributed by atoms with E-state index >= 15 is 0 Å². The van der Waals surface area contributed by atoms with Crippen molar-refractivity contribution in [1.29, 1.82) is 0 Å². The Balaban J connectivity index is 1.97. The summed E-state index contributed by atoms with van der Waals surface area (Å²) in [6.07, 6.45) is 0.987. The van der Waals surface area contributed by atoms with E-state index in [-0.39, 0.29) is 0 Å². The minimum atomic E-state index is 0.607. The molecule has 0 radical (unpaired) electrons. The molecule has 2 N–H and O–H groups in total. The average molecular weight is 273 g/mol. The van der Waals surface area contributed by atoms with Crippen molar-refractivity contribution in [1.82, 2.24) is 9.80 Å². The Morgan fingerprint density at radius 2 is 1.74 bits per heavy atom. The van der Waals surface area contributed by atoms with Crippen LogP contribution in [0.4, 0.5) is 0 Å². The molecule has 1 heterocycles. The highest BCUT2D eigenvalue weighted by Gasteiger charge is 2.17. The van der Waals surface area contributed by atoms with Gasteiger partial charge in [-0.05, 0) is 18.9 Å². The van der Waals surface area contributed by atoms with Gasteiger partial charge in [-0.3, -0.25) is 4.90 Å². The molecular weight excluding hydrogens is 242 g/mol. The van der Waals surface area contributed by atoms with Gasteiger partial charge in [0.05, 0.1) is 6.61 Å². The zero-order chi connectivity index (χ0) is 13.9. The SMILES string of the molecule is COCCCOCCN1CCN(CC(C)CN)CC1. The minimum absolute atomic E-state index is 0.607. The highest BCUT2D eigenvalue weighted by molar-refractivity contribution is 4.73. The molecule has 1 saturated heterocycles. The first-order valence-corrected chi connectivity index (χ1v) is 7.47. The van der Waals surface area contributed by atoms with Crippen LogP contribution in [0.2, 0.25) is 0 Å². The molecule has 1 rings (SSSR count). The molecule has 0 bridgehead atoms. The Bertz CT molecular complexity index is 209. The van der Waals surface area contributed by atoms with E-state index in [1.165, 1.54) is 0 Å². The van der Waals surface area contributed by atoms with Crippen LogP contribution in [0.3, 0.4) is 0 Å². The smallest absolute Gasteiger partial charge is 0.0593 e. The largest absolute Gasteiger partial charge is 0.385 e. The molecule has 0 amide bonds. The Labute approximate surface area is 118 Å². The van der Waals surface area contributed by atoms with Crippen LogP contribution in [0.5, 0.6) is 0 Å². The van der Waals surface area contributed by atoms with Crippen molar-refractivity contribution in [3.8, 4) is 0 Å². The molecule has 1 fully saturated rings. The van der Waals surface area contributed by atoms with Crippen LogP contribution < -0.4 is 5.73 Å². The second-order valence-electron chi connectivity index (χ2n) is 5.44. The Kier molecular flexibility index (Phi) is 9.38. The summed E-state index contributed by atoms with van der Waals surface area (Å²) in [6.45, 7) is 12.3. The van der Waals surface area contributed by atoms with Crippen molar-refractivity contribution in [2.75, 3.05) is 72.7 Å². The third-order valence-corrected chi connectivity index (χ3v) is 3.63. The van der Waals surface area contributed by atoms with E-state index in [0.29, 0.717) is 5.92 Å². The normalized spacial score (nSPS) is 19.7. The second kappa shape index (κ2) is 10.6. The van der Waals surface area contributed by atoms with Gasteiger partial charge in [-0.25, -0.2) is 0 Å². The molecule has 5 nitrogen and oxygen atoms in total. The molecule has 0 saturated carbocycles. The van der Waals surface area contributed by atoms with Crippen molar-refractivity contribution in [3.63, 3.8) is 0 Å². The molecule has 1 atom stereocenters. The van der Waals surface area contributed by atoms with E-state index in [4.69, 9.17) is 15.2 Å². The molecule has 0 aromatic rings. The van der Waals surface area contributed by atoms with E-state index in [0.717, 1.165) is 72.1 Å². The van der Waals surface area contributed by atoms with Crippen LogP contribution in [0, 0.1) is 5.92 Å². The fourth-order valence-corrected chi connectivity index (χ4v) is 2.31. The lowest BCUT2D eigenvalue weighted by Crippen LogP contribution is -2.48. The van der Waals surface area contributed by atoms with E-state index in [1.54, 1.807) is 7.11 Å². The highest BCUT2D eigenvalue weighted by atomic mass is 16.5. The lowest BCUT2D eigenvalue weighted by atomic mass is 10.1. The van der Waals surface area contributed by atoms with Crippen molar-refractivity contribution in [2.45, 2.75) is 13.3 Å². The lowest BCUT2D eigenvalue weighted by Gasteiger charge is -2.35. The average Bonchev–Trinajstić information content (AvgIpc) is 2.44. The molecule has 1 unspecified atom stereocenters. The van der Waals surface area contributed by atoms with E-state index in [9.17, 15) is 0 Å². The summed E-state index contributed by atoms with van der Waals surface area (Å²) in [5.74, 6) is 0.607. The quantitative estimate of drug-likeness (QED) is 0.578. The molecule has 1 aliphatic rings. The summed E-state index contributed by atoms with van der Waals surface area (Å²) in [5, 5.41) is 0. The first-order valence-electron chi connectivity index (χ1n) is 7.47. The van der Waals surface area contributed by atoms with Gasteiger partial charge in [0.2, 0.25) is 0 Å². The van der Waals surface area contributed by atoms with E-state index < -0.39 is 0 Å². The van der Waals surface area contributed by atoms with E-state index in [2.05, 4.69) is 16.7 Å². The fraction of sp³-hybridized carbons (Fsp3) is 1.00. The maximum absolute atomic E-state index is 5.67. The molecule has 114 valence electrons. The molecule has 19 heavy (non-hydrogen) atoms. The summed E-state index contributed by atoms with van der Waals surface area (Å²) < 4.78 is 10.6. The Morgan fingerprint density at radius 1 is 1.05 bits per heavy atom. The molecule has 1 aliphatic heterocycles. The second-order valence-corrected chi connectivity index (χ2v) is 5.44. The van der Waals surface area contributed by atoms with E-state index in [1.807, 2.05) is 0 Å². The lowest BCUT2D eigenvalue weighted by molar-refractivity contribution is 0.0626.